The minimum absolute atomic E-state index is 0.00630. The smallest absolute Gasteiger partial charge is 0.387 e. The van der Waals surface area contributed by atoms with Gasteiger partial charge in [0.05, 0.1) is 5.69 Å². The third-order valence-electron chi connectivity index (χ3n) is 4.11. The topological polar surface area (TPSA) is 83.0 Å². The molecule has 30 heavy (non-hydrogen) atoms. The number of halogens is 2. The van der Waals surface area contributed by atoms with Gasteiger partial charge in [-0.05, 0) is 48.5 Å². The highest BCUT2D eigenvalue weighted by Crippen LogP contribution is 2.27. The van der Waals surface area contributed by atoms with Crippen molar-refractivity contribution >= 4 is 45.8 Å². The number of nitrogens with one attached hydrogen (secondary N) is 2. The molecule has 2 aromatic rings. The lowest BCUT2D eigenvalue weighted by molar-refractivity contribution is -0.122. The molecule has 1 fully saturated rings. The van der Waals surface area contributed by atoms with E-state index in [1.165, 1.54) is 36.0 Å². The minimum atomic E-state index is -2.91. The van der Waals surface area contributed by atoms with Crippen molar-refractivity contribution < 1.29 is 23.1 Å². The van der Waals surface area contributed by atoms with Gasteiger partial charge >= 0.3 is 6.61 Å². The van der Waals surface area contributed by atoms with Crippen molar-refractivity contribution in [2.75, 3.05) is 24.3 Å². The summed E-state index contributed by atoms with van der Waals surface area (Å²) in [6.45, 7) is -2.91. The minimum Gasteiger partial charge on any atom is -0.435 e. The molecule has 0 radical (unpaired) electrons. The number of carbonyl (C=O) groups excluding carboxylic acids is 2. The van der Waals surface area contributed by atoms with Crippen molar-refractivity contribution in [1.82, 2.24) is 5.32 Å². The Hall–Kier alpha value is -3.14. The summed E-state index contributed by atoms with van der Waals surface area (Å²) in [6, 6.07) is 13.1. The van der Waals surface area contributed by atoms with E-state index in [-0.39, 0.29) is 24.0 Å². The molecular formula is C20H20F2N4O3S. The molecule has 0 aromatic heterocycles. The molecule has 1 atom stereocenters. The largest absolute Gasteiger partial charge is 0.435 e. The van der Waals surface area contributed by atoms with E-state index in [4.69, 9.17) is 0 Å². The van der Waals surface area contributed by atoms with Crippen molar-refractivity contribution in [3.63, 3.8) is 0 Å². The van der Waals surface area contributed by atoms with Crippen LogP contribution in [0.5, 0.6) is 5.75 Å². The van der Waals surface area contributed by atoms with Crippen LogP contribution in [0.25, 0.3) is 0 Å². The number of rotatable bonds is 7. The van der Waals surface area contributed by atoms with Crippen molar-refractivity contribution in [1.29, 1.82) is 0 Å². The molecule has 2 N–H and O–H groups in total. The molecule has 158 valence electrons. The second-order valence-electron chi connectivity index (χ2n) is 6.58. The fourth-order valence-electron chi connectivity index (χ4n) is 2.63. The third kappa shape index (κ3) is 5.93. The molecule has 7 nitrogen and oxygen atoms in total. The van der Waals surface area contributed by atoms with E-state index in [1.54, 1.807) is 0 Å². The maximum Gasteiger partial charge on any atom is 0.387 e. The van der Waals surface area contributed by atoms with Crippen LogP contribution in [0.2, 0.25) is 0 Å². The second-order valence-corrected chi connectivity index (χ2v) is 7.77. The predicted octanol–water partition coefficient (Wildman–Crippen LogP) is 3.60. The summed E-state index contributed by atoms with van der Waals surface area (Å²) in [5.74, 6) is -0.672. The van der Waals surface area contributed by atoms with E-state index in [0.717, 1.165) is 5.69 Å². The van der Waals surface area contributed by atoms with Crippen LogP contribution < -0.4 is 20.3 Å². The molecule has 2 amide bonds. The maximum absolute atomic E-state index is 12.2. The lowest BCUT2D eigenvalue weighted by Gasteiger charge is -2.11. The van der Waals surface area contributed by atoms with Gasteiger partial charge in [-0.2, -0.15) is 8.78 Å². The van der Waals surface area contributed by atoms with Crippen LogP contribution in [0.4, 0.5) is 25.8 Å². The van der Waals surface area contributed by atoms with Gasteiger partial charge in [0.15, 0.2) is 5.17 Å². The van der Waals surface area contributed by atoms with Gasteiger partial charge in [-0.3, -0.25) is 9.59 Å². The number of hydrogen-bond acceptors (Lipinski definition) is 6. The molecule has 0 spiro atoms. The first-order valence-corrected chi connectivity index (χ1v) is 9.86. The van der Waals surface area contributed by atoms with E-state index in [0.29, 0.717) is 16.5 Å². The summed E-state index contributed by atoms with van der Waals surface area (Å²) in [5, 5.41) is 5.14. The van der Waals surface area contributed by atoms with Crippen molar-refractivity contribution in [3.05, 3.63) is 48.5 Å². The first kappa shape index (κ1) is 21.6. The van der Waals surface area contributed by atoms with Gasteiger partial charge in [0.25, 0.3) is 0 Å². The van der Waals surface area contributed by atoms with Gasteiger partial charge in [0.2, 0.25) is 11.8 Å². The van der Waals surface area contributed by atoms with Crippen LogP contribution in [-0.4, -0.2) is 42.9 Å². The first-order chi connectivity index (χ1) is 14.3. The molecule has 3 rings (SSSR count). The molecule has 1 aliphatic heterocycles. The molecule has 0 saturated carbocycles. The Morgan fingerprint density at radius 2 is 1.87 bits per heavy atom. The first-order valence-electron chi connectivity index (χ1n) is 8.98. The monoisotopic (exact) mass is 434 g/mol. The average molecular weight is 434 g/mol. The molecule has 1 unspecified atom stereocenters. The number of ether oxygens (including phenoxy) is 1. The standard InChI is InChI=1S/C20H20F2N4O3S/c1-26(2)14-7-3-13(4-8-14)24-20-25-18(28)16(30-20)11-17(27)23-12-5-9-15(10-6-12)29-19(21)22/h3-10,16,19H,11H2,1-2H3,(H,23,27)(H,24,25,28). The number of nitrogens with zero attached hydrogens (tertiary/aromatic N) is 2. The molecule has 1 saturated heterocycles. The van der Waals surface area contributed by atoms with Gasteiger partial charge in [-0.25, -0.2) is 4.99 Å². The Bertz CT molecular complexity index is 934. The molecule has 0 bridgehead atoms. The number of amides is 2. The Labute approximate surface area is 176 Å². The van der Waals surface area contributed by atoms with E-state index in [9.17, 15) is 18.4 Å². The molecule has 0 aliphatic carbocycles. The van der Waals surface area contributed by atoms with Gasteiger partial charge < -0.3 is 20.3 Å². The zero-order chi connectivity index (χ0) is 21.7. The quantitative estimate of drug-likeness (QED) is 0.696. The Morgan fingerprint density at radius 1 is 1.20 bits per heavy atom. The molecule has 1 aliphatic rings. The van der Waals surface area contributed by atoms with Gasteiger partial charge in [-0.15, -0.1) is 0 Å². The van der Waals surface area contributed by atoms with Crippen molar-refractivity contribution in [2.24, 2.45) is 4.99 Å². The van der Waals surface area contributed by atoms with Crippen LogP contribution in [0, 0.1) is 0 Å². The zero-order valence-electron chi connectivity index (χ0n) is 16.3. The highest BCUT2D eigenvalue weighted by molar-refractivity contribution is 8.15. The van der Waals surface area contributed by atoms with Crippen LogP contribution in [0.1, 0.15) is 6.42 Å². The lowest BCUT2D eigenvalue weighted by Crippen LogP contribution is -2.28. The lowest BCUT2D eigenvalue weighted by atomic mass is 10.2. The summed E-state index contributed by atoms with van der Waals surface area (Å²) >= 11 is 1.19. The summed E-state index contributed by atoms with van der Waals surface area (Å²) < 4.78 is 28.6. The molecule has 1 heterocycles. The van der Waals surface area contributed by atoms with Crippen LogP contribution in [0.15, 0.2) is 53.5 Å². The van der Waals surface area contributed by atoms with Gasteiger partial charge in [0, 0.05) is 31.9 Å². The highest BCUT2D eigenvalue weighted by atomic mass is 32.2. The highest BCUT2D eigenvalue weighted by Gasteiger charge is 2.32. The second kappa shape index (κ2) is 9.57. The fraction of sp³-hybridized carbons (Fsp3) is 0.250. The number of amidine groups is 1. The van der Waals surface area contributed by atoms with Crippen molar-refractivity contribution in [3.8, 4) is 5.75 Å². The zero-order valence-corrected chi connectivity index (χ0v) is 17.1. The summed E-state index contributed by atoms with van der Waals surface area (Å²) in [4.78, 5) is 30.8. The van der Waals surface area contributed by atoms with Crippen LogP contribution in [0.3, 0.4) is 0 Å². The Morgan fingerprint density at radius 3 is 2.47 bits per heavy atom. The Balaban J connectivity index is 1.55. The van der Waals surface area contributed by atoms with Gasteiger partial charge in [0.1, 0.15) is 11.0 Å². The summed E-state index contributed by atoms with van der Waals surface area (Å²) in [5.41, 5.74) is 2.14. The molecule has 2 aromatic carbocycles. The van der Waals surface area contributed by atoms with Gasteiger partial charge in [-0.1, -0.05) is 11.8 Å². The van der Waals surface area contributed by atoms with E-state index >= 15 is 0 Å². The number of carbonyl (C=O) groups is 2. The number of thioether (sulfide) groups is 1. The van der Waals surface area contributed by atoms with E-state index < -0.39 is 11.9 Å². The Kier molecular flexibility index (Phi) is 6.88. The number of hydrogen-bond donors (Lipinski definition) is 2. The number of anilines is 2. The molecule has 10 heteroatoms. The summed E-state index contributed by atoms with van der Waals surface area (Å²) in [7, 11) is 3.88. The predicted molar refractivity (Wildman–Crippen MR) is 114 cm³/mol. The summed E-state index contributed by atoms with van der Waals surface area (Å²) in [6.07, 6.45) is -0.0512. The van der Waals surface area contributed by atoms with Crippen LogP contribution in [-0.2, 0) is 9.59 Å². The van der Waals surface area contributed by atoms with Crippen molar-refractivity contribution in [2.45, 2.75) is 18.3 Å². The third-order valence-corrected chi connectivity index (χ3v) is 5.19. The number of alkyl halides is 2. The molecular weight excluding hydrogens is 414 g/mol. The average Bonchev–Trinajstić information content (AvgIpc) is 3.02. The van der Waals surface area contributed by atoms with E-state index in [2.05, 4.69) is 20.4 Å². The van der Waals surface area contributed by atoms with Crippen LogP contribution >= 0.6 is 11.8 Å². The normalized spacial score (nSPS) is 17.2. The number of aliphatic imine (C=N–C) groups is 1. The maximum atomic E-state index is 12.2. The fourth-order valence-corrected chi connectivity index (χ4v) is 3.62. The van der Waals surface area contributed by atoms with E-state index in [1.807, 2.05) is 43.3 Å². The SMILES string of the molecule is CN(C)c1ccc(N=C2NC(=O)C(CC(=O)Nc3ccc(OC(F)F)cc3)S2)cc1. The number of benzene rings is 2.